The third-order valence-corrected chi connectivity index (χ3v) is 3.35. The fourth-order valence-electron chi connectivity index (χ4n) is 2.39. The Morgan fingerprint density at radius 3 is 2.54 bits per heavy atom. The standard InChI is InChI=1S/C18H20O6/c1-10(2)22-17(20)6-5-13-8-14-11(3)7-18(21)24-16(14)9-15(13)23-12(4)19/h7-10H,5-6H2,1-4H3. The zero-order chi connectivity index (χ0) is 17.9. The van der Waals surface area contributed by atoms with E-state index in [9.17, 15) is 14.4 Å². The molecule has 0 atom stereocenters. The molecule has 0 saturated carbocycles. The molecule has 2 aromatic rings. The van der Waals surface area contributed by atoms with Gasteiger partial charge in [-0.1, -0.05) is 0 Å². The van der Waals surface area contributed by atoms with Crippen LogP contribution in [0.4, 0.5) is 0 Å². The van der Waals surface area contributed by atoms with E-state index in [1.54, 1.807) is 26.8 Å². The number of carbonyl (C=O) groups excluding carboxylic acids is 2. The summed E-state index contributed by atoms with van der Waals surface area (Å²) in [5.41, 5.74) is 1.30. The van der Waals surface area contributed by atoms with Crippen LogP contribution in [0.3, 0.4) is 0 Å². The monoisotopic (exact) mass is 332 g/mol. The van der Waals surface area contributed by atoms with Crippen LogP contribution in [0.15, 0.2) is 27.4 Å². The summed E-state index contributed by atoms with van der Waals surface area (Å²) in [5.74, 6) is -0.536. The summed E-state index contributed by atoms with van der Waals surface area (Å²) in [6.45, 7) is 6.64. The molecule has 0 N–H and O–H groups in total. The molecule has 0 saturated heterocycles. The molecule has 0 bridgehead atoms. The van der Waals surface area contributed by atoms with Crippen molar-refractivity contribution < 1.29 is 23.5 Å². The number of benzene rings is 1. The van der Waals surface area contributed by atoms with E-state index >= 15 is 0 Å². The minimum Gasteiger partial charge on any atom is -0.463 e. The maximum absolute atomic E-state index is 11.7. The Bertz CT molecular complexity index is 831. The van der Waals surface area contributed by atoms with E-state index in [4.69, 9.17) is 13.9 Å². The highest BCUT2D eigenvalue weighted by Gasteiger charge is 2.14. The average molecular weight is 332 g/mol. The molecule has 24 heavy (non-hydrogen) atoms. The summed E-state index contributed by atoms with van der Waals surface area (Å²) in [6, 6.07) is 4.67. The predicted molar refractivity (Wildman–Crippen MR) is 88.1 cm³/mol. The molecule has 6 nitrogen and oxygen atoms in total. The summed E-state index contributed by atoms with van der Waals surface area (Å²) in [5, 5.41) is 0.734. The molecule has 0 aliphatic carbocycles. The molecule has 2 rings (SSSR count). The lowest BCUT2D eigenvalue weighted by Gasteiger charge is -2.12. The van der Waals surface area contributed by atoms with Crippen molar-refractivity contribution in [3.63, 3.8) is 0 Å². The van der Waals surface area contributed by atoms with Gasteiger partial charge in [-0.25, -0.2) is 4.79 Å². The van der Waals surface area contributed by atoms with E-state index in [2.05, 4.69) is 0 Å². The van der Waals surface area contributed by atoms with Crippen molar-refractivity contribution in [3.05, 3.63) is 39.7 Å². The summed E-state index contributed by atoms with van der Waals surface area (Å²) >= 11 is 0. The van der Waals surface area contributed by atoms with Crippen LogP contribution in [0.2, 0.25) is 0 Å². The third kappa shape index (κ3) is 4.44. The first-order valence-electron chi connectivity index (χ1n) is 7.71. The smallest absolute Gasteiger partial charge is 0.336 e. The van der Waals surface area contributed by atoms with E-state index in [1.807, 2.05) is 0 Å². The Morgan fingerprint density at radius 1 is 1.21 bits per heavy atom. The fourth-order valence-corrected chi connectivity index (χ4v) is 2.39. The van der Waals surface area contributed by atoms with Crippen LogP contribution in [0.25, 0.3) is 11.0 Å². The minimum atomic E-state index is -0.490. The SMILES string of the molecule is CC(=O)Oc1cc2oc(=O)cc(C)c2cc1CCC(=O)OC(C)C. The molecule has 6 heteroatoms. The van der Waals surface area contributed by atoms with E-state index in [0.29, 0.717) is 17.6 Å². The molecule has 128 valence electrons. The van der Waals surface area contributed by atoms with E-state index < -0.39 is 11.6 Å². The van der Waals surface area contributed by atoms with Crippen molar-refractivity contribution in [2.75, 3.05) is 0 Å². The van der Waals surface area contributed by atoms with Gasteiger partial charge in [0, 0.05) is 30.9 Å². The van der Waals surface area contributed by atoms with Crippen molar-refractivity contribution in [3.8, 4) is 5.75 Å². The number of ether oxygens (including phenoxy) is 2. The van der Waals surface area contributed by atoms with Crippen molar-refractivity contribution in [1.29, 1.82) is 0 Å². The third-order valence-electron chi connectivity index (χ3n) is 3.35. The first kappa shape index (κ1) is 17.7. The number of esters is 2. The molecule has 0 spiro atoms. The van der Waals surface area contributed by atoms with Crippen LogP contribution in [-0.2, 0) is 20.7 Å². The Hall–Kier alpha value is -2.63. The average Bonchev–Trinajstić information content (AvgIpc) is 2.43. The molecule has 1 aromatic heterocycles. The lowest BCUT2D eigenvalue weighted by Crippen LogP contribution is -2.12. The maximum atomic E-state index is 11.7. The van der Waals surface area contributed by atoms with Crippen molar-refractivity contribution in [2.45, 2.75) is 46.6 Å². The number of rotatable bonds is 5. The Kier molecular flexibility index (Phi) is 5.39. The highest BCUT2D eigenvalue weighted by molar-refractivity contribution is 5.84. The zero-order valence-electron chi connectivity index (χ0n) is 14.2. The van der Waals surface area contributed by atoms with Gasteiger partial charge in [0.05, 0.1) is 6.10 Å². The van der Waals surface area contributed by atoms with Crippen LogP contribution in [-0.4, -0.2) is 18.0 Å². The van der Waals surface area contributed by atoms with E-state index in [1.165, 1.54) is 19.1 Å². The van der Waals surface area contributed by atoms with E-state index in [-0.39, 0.29) is 24.2 Å². The lowest BCUT2D eigenvalue weighted by molar-refractivity contribution is -0.147. The molecule has 0 fully saturated rings. The lowest BCUT2D eigenvalue weighted by atomic mass is 10.0. The van der Waals surface area contributed by atoms with Gasteiger partial charge in [-0.15, -0.1) is 0 Å². The number of aryl methyl sites for hydroxylation is 2. The molecule has 0 aliphatic heterocycles. The predicted octanol–water partition coefficient (Wildman–Crippen LogP) is 2.91. The number of hydrogen-bond acceptors (Lipinski definition) is 6. The van der Waals surface area contributed by atoms with Crippen LogP contribution >= 0.6 is 0 Å². The zero-order valence-corrected chi connectivity index (χ0v) is 14.2. The van der Waals surface area contributed by atoms with Crippen molar-refractivity contribution in [2.24, 2.45) is 0 Å². The molecule has 0 amide bonds. The quantitative estimate of drug-likeness (QED) is 0.475. The Morgan fingerprint density at radius 2 is 1.92 bits per heavy atom. The van der Waals surface area contributed by atoms with Gasteiger partial charge in [0.15, 0.2) is 0 Å². The fraction of sp³-hybridized carbons (Fsp3) is 0.389. The van der Waals surface area contributed by atoms with Gasteiger partial charge >= 0.3 is 17.6 Å². The first-order chi connectivity index (χ1) is 11.3. The van der Waals surface area contributed by atoms with Gasteiger partial charge in [0.1, 0.15) is 11.3 Å². The van der Waals surface area contributed by atoms with Crippen LogP contribution in [0.5, 0.6) is 5.75 Å². The molecule has 0 radical (unpaired) electrons. The summed E-state index contributed by atoms with van der Waals surface area (Å²) < 4.78 is 15.5. The normalized spacial score (nSPS) is 10.9. The van der Waals surface area contributed by atoms with Crippen LogP contribution in [0, 0.1) is 6.92 Å². The summed E-state index contributed by atoms with van der Waals surface area (Å²) in [6.07, 6.45) is 0.328. The summed E-state index contributed by atoms with van der Waals surface area (Å²) in [4.78, 5) is 34.6. The summed E-state index contributed by atoms with van der Waals surface area (Å²) in [7, 11) is 0. The molecule has 1 heterocycles. The van der Waals surface area contributed by atoms with Crippen molar-refractivity contribution >= 4 is 22.9 Å². The van der Waals surface area contributed by atoms with Crippen LogP contribution < -0.4 is 10.4 Å². The van der Waals surface area contributed by atoms with Gasteiger partial charge < -0.3 is 13.9 Å². The van der Waals surface area contributed by atoms with Gasteiger partial charge in [0.2, 0.25) is 0 Å². The second-order valence-corrected chi connectivity index (χ2v) is 5.84. The van der Waals surface area contributed by atoms with Gasteiger partial charge in [-0.05, 0) is 44.4 Å². The number of fused-ring (bicyclic) bond motifs is 1. The van der Waals surface area contributed by atoms with Gasteiger partial charge in [0.25, 0.3) is 0 Å². The van der Waals surface area contributed by atoms with Crippen LogP contribution in [0.1, 0.15) is 38.3 Å². The largest absolute Gasteiger partial charge is 0.463 e. The molecule has 0 unspecified atom stereocenters. The topological polar surface area (TPSA) is 82.8 Å². The number of carbonyl (C=O) groups is 2. The molecular formula is C18H20O6. The molecule has 1 aromatic carbocycles. The highest BCUT2D eigenvalue weighted by atomic mass is 16.5. The van der Waals surface area contributed by atoms with Gasteiger partial charge in [-0.3, -0.25) is 9.59 Å². The molecule has 0 aliphatic rings. The second kappa shape index (κ2) is 7.29. The highest BCUT2D eigenvalue weighted by Crippen LogP contribution is 2.28. The van der Waals surface area contributed by atoms with E-state index in [0.717, 1.165) is 10.9 Å². The second-order valence-electron chi connectivity index (χ2n) is 5.84. The Labute approximate surface area is 139 Å². The first-order valence-corrected chi connectivity index (χ1v) is 7.71. The Balaban J connectivity index is 2.39. The number of hydrogen-bond donors (Lipinski definition) is 0. The molecular weight excluding hydrogens is 312 g/mol. The minimum absolute atomic E-state index is 0.160. The maximum Gasteiger partial charge on any atom is 0.336 e. The van der Waals surface area contributed by atoms with Crippen molar-refractivity contribution in [1.82, 2.24) is 0 Å². The van der Waals surface area contributed by atoms with Gasteiger partial charge in [-0.2, -0.15) is 0 Å².